The normalized spacial score (nSPS) is 13.9. The Labute approximate surface area is 195 Å². The summed E-state index contributed by atoms with van der Waals surface area (Å²) in [4.78, 5) is 10.1. The van der Waals surface area contributed by atoms with Gasteiger partial charge in [-0.25, -0.2) is 4.98 Å². The molecule has 0 unspecified atom stereocenters. The summed E-state index contributed by atoms with van der Waals surface area (Å²) in [5.41, 5.74) is 1.72. The molecule has 0 aliphatic carbocycles. The summed E-state index contributed by atoms with van der Waals surface area (Å²) in [7, 11) is 0. The van der Waals surface area contributed by atoms with Crippen LogP contribution in [0, 0.1) is 25.2 Å². The maximum absolute atomic E-state index is 13.8. The van der Waals surface area contributed by atoms with Gasteiger partial charge in [0.25, 0.3) is 0 Å². The zero-order chi connectivity index (χ0) is 24.3. The van der Waals surface area contributed by atoms with Gasteiger partial charge in [0.2, 0.25) is 11.8 Å². The lowest BCUT2D eigenvalue weighted by Gasteiger charge is -2.31. The van der Waals surface area contributed by atoms with Crippen LogP contribution in [0.4, 0.5) is 30.5 Å². The molecular formula is C24H23F3N6O. The average Bonchev–Trinajstić information content (AvgIpc) is 2.81. The molecule has 2 N–H and O–H groups in total. The molecule has 176 valence electrons. The van der Waals surface area contributed by atoms with Gasteiger partial charge in [-0.3, -0.25) is 0 Å². The van der Waals surface area contributed by atoms with Crippen LogP contribution in [-0.4, -0.2) is 36.1 Å². The topological polar surface area (TPSA) is 86.1 Å². The number of benzene rings is 2. The fraction of sp³-hybridized carbons (Fsp3) is 0.292. The smallest absolute Gasteiger partial charge is 0.418 e. The molecule has 2 heterocycles. The molecule has 0 amide bonds. The van der Waals surface area contributed by atoms with E-state index in [1.807, 2.05) is 13.8 Å². The van der Waals surface area contributed by atoms with E-state index in [0.29, 0.717) is 37.5 Å². The summed E-state index contributed by atoms with van der Waals surface area (Å²) in [6.07, 6.45) is -3.05. The summed E-state index contributed by atoms with van der Waals surface area (Å²) >= 11 is 0. The third kappa shape index (κ3) is 5.21. The third-order valence-corrected chi connectivity index (χ3v) is 5.44. The molecule has 1 aliphatic heterocycles. The number of rotatable bonds is 5. The molecule has 0 spiro atoms. The first-order chi connectivity index (χ1) is 16.2. The van der Waals surface area contributed by atoms with E-state index in [9.17, 15) is 13.2 Å². The number of nitriles is 1. The van der Waals surface area contributed by atoms with Gasteiger partial charge in [-0.2, -0.15) is 23.4 Å². The van der Waals surface area contributed by atoms with E-state index in [4.69, 9.17) is 10.00 Å². The maximum Gasteiger partial charge on any atom is 0.418 e. The lowest BCUT2D eigenvalue weighted by atomic mass is 10.1. The second-order valence-electron chi connectivity index (χ2n) is 7.96. The Morgan fingerprint density at radius 1 is 1.09 bits per heavy atom. The maximum atomic E-state index is 13.8. The number of hydrogen-bond acceptors (Lipinski definition) is 7. The Morgan fingerprint density at radius 2 is 1.79 bits per heavy atom. The summed E-state index contributed by atoms with van der Waals surface area (Å²) < 4.78 is 47.4. The van der Waals surface area contributed by atoms with Crippen LogP contribution in [0.1, 0.15) is 22.3 Å². The summed E-state index contributed by atoms with van der Waals surface area (Å²) in [6.45, 7) is 5.93. The number of piperazine rings is 1. The second kappa shape index (κ2) is 9.57. The number of anilines is 3. The summed E-state index contributed by atoms with van der Waals surface area (Å²) in [6, 6.07) is 11.2. The molecule has 0 bridgehead atoms. The second-order valence-corrected chi connectivity index (χ2v) is 7.96. The van der Waals surface area contributed by atoms with Crippen LogP contribution in [0.3, 0.4) is 0 Å². The number of halogens is 3. The van der Waals surface area contributed by atoms with Crippen molar-refractivity contribution in [1.82, 2.24) is 15.3 Å². The molecule has 1 aromatic heterocycles. The van der Waals surface area contributed by atoms with Crippen molar-refractivity contribution in [2.24, 2.45) is 0 Å². The molecule has 7 nitrogen and oxygen atoms in total. The van der Waals surface area contributed by atoms with Crippen molar-refractivity contribution < 1.29 is 17.9 Å². The zero-order valence-corrected chi connectivity index (χ0v) is 18.7. The largest absolute Gasteiger partial charge is 0.438 e. The molecule has 4 rings (SSSR count). The van der Waals surface area contributed by atoms with Crippen molar-refractivity contribution in [2.45, 2.75) is 20.0 Å². The minimum atomic E-state index is -4.51. The quantitative estimate of drug-likeness (QED) is 0.549. The van der Waals surface area contributed by atoms with E-state index in [1.165, 1.54) is 12.3 Å². The zero-order valence-electron chi connectivity index (χ0n) is 18.7. The highest BCUT2D eigenvalue weighted by Crippen LogP contribution is 2.39. The molecule has 0 radical (unpaired) electrons. The number of ether oxygens (including phenoxy) is 1. The lowest BCUT2D eigenvalue weighted by Crippen LogP contribution is -2.44. The highest BCUT2D eigenvalue weighted by Gasteiger charge is 2.35. The molecule has 1 fully saturated rings. The van der Waals surface area contributed by atoms with Gasteiger partial charge in [0.15, 0.2) is 0 Å². The number of nitrogens with zero attached hydrogens (tertiary/aromatic N) is 4. The van der Waals surface area contributed by atoms with Crippen LogP contribution in [0.15, 0.2) is 42.6 Å². The molecular weight excluding hydrogens is 445 g/mol. The fourth-order valence-corrected chi connectivity index (χ4v) is 3.89. The minimum absolute atomic E-state index is 0.101. The van der Waals surface area contributed by atoms with E-state index < -0.39 is 11.7 Å². The Balaban J connectivity index is 1.58. The standard InChI is InChI=1S/C24H23F3N6O/c1-15-11-17(14-28)12-16(2)22(15)34-21-5-6-30-23(32-21)31-18-3-4-20(19(13-18)24(25,26)27)33-9-7-29-8-10-33/h3-6,11-13,29H,7-10H2,1-2H3,(H,30,31,32). The monoisotopic (exact) mass is 468 g/mol. The van der Waals surface area contributed by atoms with Gasteiger partial charge in [0.05, 0.1) is 17.2 Å². The number of hydrogen-bond donors (Lipinski definition) is 2. The van der Waals surface area contributed by atoms with Crippen molar-refractivity contribution in [3.63, 3.8) is 0 Å². The van der Waals surface area contributed by atoms with Crippen LogP contribution >= 0.6 is 0 Å². The van der Waals surface area contributed by atoms with Gasteiger partial charge in [-0.15, -0.1) is 0 Å². The van der Waals surface area contributed by atoms with Gasteiger partial charge < -0.3 is 20.3 Å². The molecule has 1 aliphatic rings. The molecule has 0 atom stereocenters. The van der Waals surface area contributed by atoms with Crippen LogP contribution < -0.4 is 20.3 Å². The summed E-state index contributed by atoms with van der Waals surface area (Å²) in [5, 5.41) is 15.1. The van der Waals surface area contributed by atoms with Crippen molar-refractivity contribution in [1.29, 1.82) is 5.26 Å². The minimum Gasteiger partial charge on any atom is -0.438 e. The Bertz CT molecular complexity index is 1210. The van der Waals surface area contributed by atoms with Crippen LogP contribution in [-0.2, 0) is 6.18 Å². The first-order valence-corrected chi connectivity index (χ1v) is 10.7. The average molecular weight is 468 g/mol. The highest BCUT2D eigenvalue weighted by molar-refractivity contribution is 5.65. The van der Waals surface area contributed by atoms with E-state index in [0.717, 1.165) is 17.2 Å². The first kappa shape index (κ1) is 23.3. The predicted molar refractivity (Wildman–Crippen MR) is 123 cm³/mol. The van der Waals surface area contributed by atoms with E-state index in [1.54, 1.807) is 29.2 Å². The number of alkyl halides is 3. The van der Waals surface area contributed by atoms with Crippen molar-refractivity contribution in [2.75, 3.05) is 36.4 Å². The number of aryl methyl sites for hydroxylation is 2. The molecule has 0 saturated carbocycles. The van der Waals surface area contributed by atoms with Crippen molar-refractivity contribution >= 4 is 17.3 Å². The predicted octanol–water partition coefficient (Wildman–Crippen LogP) is 4.93. The van der Waals surface area contributed by atoms with Gasteiger partial charge in [-0.05, 0) is 55.3 Å². The lowest BCUT2D eigenvalue weighted by molar-refractivity contribution is -0.137. The SMILES string of the molecule is Cc1cc(C#N)cc(C)c1Oc1ccnc(Nc2ccc(N3CCNCC3)c(C(F)(F)F)c2)n1. The number of nitrogens with one attached hydrogen (secondary N) is 2. The number of aromatic nitrogens is 2. The fourth-order valence-electron chi connectivity index (χ4n) is 3.89. The molecule has 10 heteroatoms. The van der Waals surface area contributed by atoms with E-state index in [-0.39, 0.29) is 23.2 Å². The molecule has 34 heavy (non-hydrogen) atoms. The van der Waals surface area contributed by atoms with Gasteiger partial charge in [0.1, 0.15) is 5.75 Å². The molecule has 1 saturated heterocycles. The summed E-state index contributed by atoms with van der Waals surface area (Å²) in [5.74, 6) is 0.884. The van der Waals surface area contributed by atoms with Gasteiger partial charge in [0, 0.05) is 49.8 Å². The molecule has 2 aromatic carbocycles. The van der Waals surface area contributed by atoms with E-state index >= 15 is 0 Å². The van der Waals surface area contributed by atoms with Crippen molar-refractivity contribution in [3.05, 3.63) is 64.8 Å². The van der Waals surface area contributed by atoms with E-state index in [2.05, 4.69) is 26.7 Å². The first-order valence-electron chi connectivity index (χ1n) is 10.7. The Hall–Kier alpha value is -3.84. The molecule has 3 aromatic rings. The Morgan fingerprint density at radius 3 is 2.44 bits per heavy atom. The Kier molecular flexibility index (Phi) is 6.56. The van der Waals surface area contributed by atoms with Crippen molar-refractivity contribution in [3.8, 4) is 17.7 Å². The van der Waals surface area contributed by atoms with Crippen LogP contribution in [0.5, 0.6) is 11.6 Å². The third-order valence-electron chi connectivity index (χ3n) is 5.44. The van der Waals surface area contributed by atoms with Crippen LogP contribution in [0.25, 0.3) is 0 Å². The van der Waals surface area contributed by atoms with Gasteiger partial charge >= 0.3 is 6.18 Å². The van der Waals surface area contributed by atoms with Gasteiger partial charge in [-0.1, -0.05) is 0 Å². The van der Waals surface area contributed by atoms with Crippen LogP contribution in [0.2, 0.25) is 0 Å². The highest BCUT2D eigenvalue weighted by atomic mass is 19.4.